The molecule has 5 rings (SSSR count). The molecule has 0 radical (unpaired) electrons. The molecule has 0 aliphatic heterocycles. The van der Waals surface area contributed by atoms with Crippen LogP contribution in [0, 0.1) is 48.3 Å². The first-order valence-electron chi connectivity index (χ1n) is 12.1. The Morgan fingerprint density at radius 2 is 1.87 bits per heavy atom. The van der Waals surface area contributed by atoms with E-state index in [0.717, 1.165) is 60.5 Å². The zero-order valence-electron chi connectivity index (χ0n) is 19.4. The highest BCUT2D eigenvalue weighted by molar-refractivity contribution is 6.06. The summed E-state index contributed by atoms with van der Waals surface area (Å²) in [6, 6.07) is 0. The maximum atomic E-state index is 13.6. The van der Waals surface area contributed by atoms with Crippen molar-refractivity contribution < 1.29 is 9.90 Å². The van der Waals surface area contributed by atoms with Gasteiger partial charge < -0.3 is 5.11 Å². The molecule has 0 saturated heterocycles. The van der Waals surface area contributed by atoms with Gasteiger partial charge in [0, 0.05) is 23.7 Å². The van der Waals surface area contributed by atoms with Crippen molar-refractivity contribution in [2.45, 2.75) is 85.2 Å². The Balaban J connectivity index is 1.47. The standard InChI is InChI=1S/C26H38N2O2/c1-15-21(16(2)28(5)27-15)12-17-13-23-20-7-6-18-14-19(29)8-10-25(18,3)22(20)9-11-26(23,4)24(17)30/h12,18-20,22-23,29H,6-11,13-14H2,1-5H3/b17-12+/t18-,19-,20-,22+,23+,25+,26+/m1/s1. The van der Waals surface area contributed by atoms with Crippen molar-refractivity contribution in [3.05, 3.63) is 22.5 Å². The van der Waals surface area contributed by atoms with Crippen molar-refractivity contribution in [3.8, 4) is 0 Å². The Labute approximate surface area is 181 Å². The van der Waals surface area contributed by atoms with E-state index in [0.29, 0.717) is 29.0 Å². The van der Waals surface area contributed by atoms with Gasteiger partial charge in [0.2, 0.25) is 0 Å². The molecule has 1 N–H and O–H groups in total. The topological polar surface area (TPSA) is 55.1 Å². The van der Waals surface area contributed by atoms with Crippen molar-refractivity contribution in [2.24, 2.45) is 41.5 Å². The molecule has 7 atom stereocenters. The van der Waals surface area contributed by atoms with Crippen LogP contribution in [-0.2, 0) is 11.8 Å². The van der Waals surface area contributed by atoms with Gasteiger partial charge in [-0.15, -0.1) is 0 Å². The molecule has 0 aromatic carbocycles. The summed E-state index contributed by atoms with van der Waals surface area (Å²) in [5, 5.41) is 14.8. The van der Waals surface area contributed by atoms with Gasteiger partial charge in [0.05, 0.1) is 11.8 Å². The van der Waals surface area contributed by atoms with Gasteiger partial charge >= 0.3 is 0 Å². The summed E-state index contributed by atoms with van der Waals surface area (Å²) in [7, 11) is 1.98. The van der Waals surface area contributed by atoms with E-state index in [1.54, 1.807) is 0 Å². The highest BCUT2D eigenvalue weighted by Crippen LogP contribution is 2.66. The number of rotatable bonds is 1. The van der Waals surface area contributed by atoms with Crippen molar-refractivity contribution in [3.63, 3.8) is 0 Å². The Kier molecular flexibility index (Phi) is 4.63. The highest BCUT2D eigenvalue weighted by Gasteiger charge is 2.61. The monoisotopic (exact) mass is 410 g/mol. The van der Waals surface area contributed by atoms with Gasteiger partial charge in [-0.25, -0.2) is 0 Å². The third-order valence-electron chi connectivity index (χ3n) is 10.2. The number of aliphatic hydroxyl groups excluding tert-OH is 1. The van der Waals surface area contributed by atoms with E-state index in [4.69, 9.17) is 0 Å². The van der Waals surface area contributed by atoms with Gasteiger partial charge in [0.25, 0.3) is 0 Å². The van der Waals surface area contributed by atoms with Gasteiger partial charge in [-0.2, -0.15) is 5.10 Å². The average molecular weight is 411 g/mol. The molecule has 0 spiro atoms. The first-order chi connectivity index (χ1) is 14.1. The summed E-state index contributed by atoms with van der Waals surface area (Å²) >= 11 is 0. The Bertz CT molecular complexity index is 914. The van der Waals surface area contributed by atoms with Gasteiger partial charge in [-0.1, -0.05) is 13.8 Å². The zero-order valence-corrected chi connectivity index (χ0v) is 19.4. The molecular formula is C26H38N2O2. The second-order valence-corrected chi connectivity index (χ2v) is 11.5. The molecule has 0 amide bonds. The van der Waals surface area contributed by atoms with E-state index >= 15 is 0 Å². The molecule has 1 heterocycles. The lowest BCUT2D eigenvalue weighted by atomic mass is 9.45. The number of hydrogen-bond acceptors (Lipinski definition) is 3. The largest absolute Gasteiger partial charge is 0.393 e. The number of Topliss-reactive ketones (excluding diaryl/α,β-unsaturated/α-hetero) is 1. The van der Waals surface area contributed by atoms with Crippen LogP contribution in [0.4, 0.5) is 0 Å². The molecule has 164 valence electrons. The van der Waals surface area contributed by atoms with E-state index in [2.05, 4.69) is 31.9 Å². The predicted octanol–water partition coefficient (Wildman–Crippen LogP) is 5.00. The summed E-state index contributed by atoms with van der Waals surface area (Å²) in [4.78, 5) is 13.6. The molecule has 4 aliphatic rings. The number of carbonyl (C=O) groups is 1. The molecule has 4 nitrogen and oxygen atoms in total. The fraction of sp³-hybridized carbons (Fsp3) is 0.769. The zero-order chi connectivity index (χ0) is 21.4. The number of nitrogens with zero attached hydrogens (tertiary/aromatic N) is 2. The fourth-order valence-electron chi connectivity index (χ4n) is 8.21. The smallest absolute Gasteiger partial charge is 0.165 e. The maximum Gasteiger partial charge on any atom is 0.165 e. The first-order valence-corrected chi connectivity index (χ1v) is 12.1. The quantitative estimate of drug-likeness (QED) is 0.663. The molecule has 1 aromatic heterocycles. The molecular weight excluding hydrogens is 372 g/mol. The molecule has 4 saturated carbocycles. The summed E-state index contributed by atoms with van der Waals surface area (Å²) in [6.07, 6.45) is 10.8. The molecule has 30 heavy (non-hydrogen) atoms. The third-order valence-corrected chi connectivity index (χ3v) is 10.2. The molecule has 4 fully saturated rings. The minimum absolute atomic E-state index is 0.0953. The van der Waals surface area contributed by atoms with E-state index in [9.17, 15) is 9.90 Å². The first kappa shape index (κ1) is 20.5. The van der Waals surface area contributed by atoms with Crippen molar-refractivity contribution in [1.29, 1.82) is 0 Å². The number of aliphatic hydroxyl groups is 1. The minimum atomic E-state index is -0.186. The van der Waals surface area contributed by atoms with Crippen LogP contribution in [0.25, 0.3) is 6.08 Å². The summed E-state index contributed by atoms with van der Waals surface area (Å²) < 4.78 is 1.92. The van der Waals surface area contributed by atoms with Crippen LogP contribution in [-0.4, -0.2) is 26.8 Å². The summed E-state index contributed by atoms with van der Waals surface area (Å²) in [5.41, 5.74) is 4.50. The van der Waals surface area contributed by atoms with Crippen LogP contribution < -0.4 is 0 Å². The summed E-state index contributed by atoms with van der Waals surface area (Å²) in [6.45, 7) is 8.91. The normalized spacial score (nSPS) is 44.7. The number of aryl methyl sites for hydroxylation is 2. The van der Waals surface area contributed by atoms with E-state index < -0.39 is 0 Å². The second kappa shape index (κ2) is 6.79. The Morgan fingerprint density at radius 1 is 1.10 bits per heavy atom. The molecule has 4 aliphatic carbocycles. The highest BCUT2D eigenvalue weighted by atomic mass is 16.3. The van der Waals surface area contributed by atoms with Crippen LogP contribution >= 0.6 is 0 Å². The number of ketones is 1. The van der Waals surface area contributed by atoms with Crippen LogP contribution in [0.1, 0.15) is 82.2 Å². The number of aromatic nitrogens is 2. The predicted molar refractivity (Wildman–Crippen MR) is 119 cm³/mol. The van der Waals surface area contributed by atoms with Gasteiger partial charge in [-0.05, 0) is 106 Å². The van der Waals surface area contributed by atoms with Crippen molar-refractivity contribution >= 4 is 11.9 Å². The lowest BCUT2D eigenvalue weighted by Crippen LogP contribution is -2.54. The van der Waals surface area contributed by atoms with Gasteiger partial charge in [-0.3, -0.25) is 9.48 Å². The summed E-state index contributed by atoms with van der Waals surface area (Å²) in [5.74, 6) is 2.93. The van der Waals surface area contributed by atoms with Gasteiger partial charge in [0.1, 0.15) is 0 Å². The Hall–Kier alpha value is -1.42. The van der Waals surface area contributed by atoms with Crippen molar-refractivity contribution in [1.82, 2.24) is 9.78 Å². The number of fused-ring (bicyclic) bond motifs is 5. The lowest BCUT2D eigenvalue weighted by molar-refractivity contribution is -0.141. The van der Waals surface area contributed by atoms with E-state index in [-0.39, 0.29) is 11.5 Å². The second-order valence-electron chi connectivity index (χ2n) is 11.5. The Morgan fingerprint density at radius 3 is 2.57 bits per heavy atom. The lowest BCUT2D eigenvalue weighted by Gasteiger charge is -2.59. The minimum Gasteiger partial charge on any atom is -0.393 e. The van der Waals surface area contributed by atoms with E-state index in [1.165, 1.54) is 19.3 Å². The number of hydrogen-bond donors (Lipinski definition) is 1. The van der Waals surface area contributed by atoms with Gasteiger partial charge in [0.15, 0.2) is 5.78 Å². The molecule has 0 bridgehead atoms. The maximum absolute atomic E-state index is 13.6. The van der Waals surface area contributed by atoms with Crippen LogP contribution in [0.15, 0.2) is 5.57 Å². The number of carbonyl (C=O) groups excluding carboxylic acids is 1. The fourth-order valence-corrected chi connectivity index (χ4v) is 8.21. The van der Waals surface area contributed by atoms with E-state index in [1.807, 2.05) is 18.7 Å². The van der Waals surface area contributed by atoms with Crippen LogP contribution in [0.3, 0.4) is 0 Å². The SMILES string of the molecule is Cc1nn(C)c(C)c1/C=C1\C[C@H]2[C@@H]3CC[C@@H]4C[C@H](O)CC[C@]4(C)[C@H]3CC[C@]2(C)C1=O. The average Bonchev–Trinajstić information content (AvgIpc) is 3.10. The number of allylic oxidation sites excluding steroid dienone is 1. The van der Waals surface area contributed by atoms with Crippen molar-refractivity contribution in [2.75, 3.05) is 0 Å². The third kappa shape index (κ3) is 2.75. The molecule has 4 heteroatoms. The van der Waals surface area contributed by atoms with Crippen LogP contribution in [0.5, 0.6) is 0 Å². The molecule has 1 aromatic rings. The molecule has 0 unspecified atom stereocenters. The van der Waals surface area contributed by atoms with Crippen LogP contribution in [0.2, 0.25) is 0 Å².